The maximum absolute atomic E-state index is 11.4. The minimum Gasteiger partial charge on any atom is -0.342 e. The van der Waals surface area contributed by atoms with E-state index < -0.39 is 0 Å². The summed E-state index contributed by atoms with van der Waals surface area (Å²) in [6.07, 6.45) is 5.41. The summed E-state index contributed by atoms with van der Waals surface area (Å²) in [5.41, 5.74) is 0. The molecule has 0 spiro atoms. The van der Waals surface area contributed by atoms with Gasteiger partial charge in [-0.3, -0.25) is 9.59 Å². The maximum Gasteiger partial charge on any atom is 0.230 e. The van der Waals surface area contributed by atoms with Crippen molar-refractivity contribution in [2.45, 2.75) is 45.4 Å². The number of unbranched alkanes of at least 4 members (excludes halogenated alkanes) is 3. The van der Waals surface area contributed by atoms with Crippen LogP contribution in [0.25, 0.3) is 0 Å². The molecule has 1 aliphatic rings. The first-order chi connectivity index (χ1) is 6.74. The van der Waals surface area contributed by atoms with Crippen molar-refractivity contribution in [3.8, 4) is 0 Å². The molecule has 0 bridgehead atoms. The van der Waals surface area contributed by atoms with Gasteiger partial charge >= 0.3 is 0 Å². The molecule has 0 atom stereocenters. The topological polar surface area (TPSA) is 37.4 Å². The Hall–Kier alpha value is -0.860. The standard InChI is InChI=1S/C11H19NO2/c1-2-3-4-5-7-12-8-6-10(13)9-11(12)14/h2-9H2,1H3. The first-order valence-electron chi connectivity index (χ1n) is 5.53. The van der Waals surface area contributed by atoms with Crippen LogP contribution in [0.3, 0.4) is 0 Å². The van der Waals surface area contributed by atoms with Gasteiger partial charge < -0.3 is 4.90 Å². The number of piperidine rings is 1. The average molecular weight is 197 g/mol. The number of Topliss-reactive ketones (excluding diaryl/α,β-unsaturated/α-hetero) is 1. The van der Waals surface area contributed by atoms with Crippen LogP contribution in [0, 0.1) is 0 Å². The molecule has 0 radical (unpaired) electrons. The summed E-state index contributed by atoms with van der Waals surface area (Å²) in [5, 5.41) is 0. The number of hydrogen-bond acceptors (Lipinski definition) is 2. The highest BCUT2D eigenvalue weighted by Crippen LogP contribution is 2.09. The quantitative estimate of drug-likeness (QED) is 0.497. The second-order valence-electron chi connectivity index (χ2n) is 3.91. The van der Waals surface area contributed by atoms with Crippen LogP contribution in [0.4, 0.5) is 0 Å². The molecular formula is C11H19NO2. The molecule has 0 unspecified atom stereocenters. The van der Waals surface area contributed by atoms with Crippen molar-refractivity contribution >= 4 is 11.7 Å². The van der Waals surface area contributed by atoms with Crippen molar-refractivity contribution < 1.29 is 9.59 Å². The highest BCUT2D eigenvalue weighted by molar-refractivity contribution is 6.00. The number of hydrogen-bond donors (Lipinski definition) is 0. The van der Waals surface area contributed by atoms with Crippen LogP contribution >= 0.6 is 0 Å². The molecule has 1 saturated heterocycles. The molecule has 0 aromatic heterocycles. The number of rotatable bonds is 5. The number of carbonyl (C=O) groups is 2. The smallest absolute Gasteiger partial charge is 0.230 e. The third-order valence-corrected chi connectivity index (χ3v) is 2.64. The van der Waals surface area contributed by atoms with E-state index in [9.17, 15) is 9.59 Å². The minimum absolute atomic E-state index is 0.0257. The van der Waals surface area contributed by atoms with Gasteiger partial charge in [-0.15, -0.1) is 0 Å². The number of nitrogens with zero attached hydrogens (tertiary/aromatic N) is 1. The van der Waals surface area contributed by atoms with Crippen molar-refractivity contribution in [3.63, 3.8) is 0 Å². The number of carbonyl (C=O) groups excluding carboxylic acids is 2. The van der Waals surface area contributed by atoms with E-state index in [1.807, 2.05) is 4.90 Å². The van der Waals surface area contributed by atoms with E-state index in [0.717, 1.165) is 13.0 Å². The van der Waals surface area contributed by atoms with Gasteiger partial charge in [0, 0.05) is 19.5 Å². The molecule has 0 saturated carbocycles. The van der Waals surface area contributed by atoms with Crippen LogP contribution < -0.4 is 0 Å². The van der Waals surface area contributed by atoms with Gasteiger partial charge in [0.25, 0.3) is 0 Å². The van der Waals surface area contributed by atoms with Crippen molar-refractivity contribution in [2.24, 2.45) is 0 Å². The van der Waals surface area contributed by atoms with Gasteiger partial charge in [0.15, 0.2) is 0 Å². The second-order valence-corrected chi connectivity index (χ2v) is 3.91. The lowest BCUT2D eigenvalue weighted by Gasteiger charge is -2.25. The lowest BCUT2D eigenvalue weighted by Crippen LogP contribution is -2.39. The van der Waals surface area contributed by atoms with Gasteiger partial charge in [0.05, 0.1) is 6.42 Å². The molecule has 0 aromatic rings. The van der Waals surface area contributed by atoms with Gasteiger partial charge in [-0.2, -0.15) is 0 Å². The Morgan fingerprint density at radius 2 is 2.00 bits per heavy atom. The monoisotopic (exact) mass is 197 g/mol. The molecule has 3 heteroatoms. The molecule has 1 rings (SSSR count). The first-order valence-corrected chi connectivity index (χ1v) is 5.53. The molecule has 0 aromatic carbocycles. The van der Waals surface area contributed by atoms with E-state index in [-0.39, 0.29) is 18.1 Å². The Morgan fingerprint density at radius 1 is 1.21 bits per heavy atom. The highest BCUT2D eigenvalue weighted by atomic mass is 16.2. The van der Waals surface area contributed by atoms with E-state index >= 15 is 0 Å². The molecule has 0 aliphatic carbocycles. The van der Waals surface area contributed by atoms with Crippen molar-refractivity contribution in [3.05, 3.63) is 0 Å². The fourth-order valence-corrected chi connectivity index (χ4v) is 1.72. The third-order valence-electron chi connectivity index (χ3n) is 2.64. The van der Waals surface area contributed by atoms with E-state index in [4.69, 9.17) is 0 Å². The molecular weight excluding hydrogens is 178 g/mol. The van der Waals surface area contributed by atoms with Gasteiger partial charge in [-0.1, -0.05) is 26.2 Å². The van der Waals surface area contributed by atoms with Crippen LogP contribution in [0.15, 0.2) is 0 Å². The maximum atomic E-state index is 11.4. The fraction of sp³-hybridized carbons (Fsp3) is 0.818. The zero-order valence-electron chi connectivity index (χ0n) is 8.92. The number of likely N-dealkylation sites (tertiary alicyclic amines) is 1. The Bertz CT molecular complexity index is 213. The molecule has 1 fully saturated rings. The van der Waals surface area contributed by atoms with Crippen molar-refractivity contribution in [2.75, 3.05) is 13.1 Å². The van der Waals surface area contributed by atoms with Gasteiger partial charge in [0.2, 0.25) is 5.91 Å². The van der Waals surface area contributed by atoms with E-state index in [1.54, 1.807) is 0 Å². The molecule has 1 heterocycles. The predicted molar refractivity (Wildman–Crippen MR) is 55.0 cm³/mol. The predicted octanol–water partition coefficient (Wildman–Crippen LogP) is 1.76. The van der Waals surface area contributed by atoms with Crippen LogP contribution in [0.1, 0.15) is 45.4 Å². The fourth-order valence-electron chi connectivity index (χ4n) is 1.72. The third kappa shape index (κ3) is 3.48. The van der Waals surface area contributed by atoms with Gasteiger partial charge in [-0.25, -0.2) is 0 Å². The van der Waals surface area contributed by atoms with Crippen LogP contribution in [-0.2, 0) is 9.59 Å². The summed E-state index contributed by atoms with van der Waals surface area (Å²) < 4.78 is 0. The summed E-state index contributed by atoms with van der Waals surface area (Å²) in [6, 6.07) is 0. The summed E-state index contributed by atoms with van der Waals surface area (Å²) in [4.78, 5) is 24.2. The zero-order valence-corrected chi connectivity index (χ0v) is 8.92. The first kappa shape index (κ1) is 11.2. The normalized spacial score (nSPS) is 17.6. The van der Waals surface area contributed by atoms with Crippen molar-refractivity contribution in [1.82, 2.24) is 4.90 Å². The molecule has 1 amide bonds. The molecule has 0 N–H and O–H groups in total. The summed E-state index contributed by atoms with van der Waals surface area (Å²) >= 11 is 0. The number of ketones is 1. The molecule has 14 heavy (non-hydrogen) atoms. The van der Waals surface area contributed by atoms with Crippen LogP contribution in [0.2, 0.25) is 0 Å². The van der Waals surface area contributed by atoms with Gasteiger partial charge in [-0.05, 0) is 6.42 Å². The van der Waals surface area contributed by atoms with Gasteiger partial charge in [0.1, 0.15) is 5.78 Å². The minimum atomic E-state index is 0.0257. The average Bonchev–Trinajstić information content (AvgIpc) is 2.15. The molecule has 80 valence electrons. The highest BCUT2D eigenvalue weighted by Gasteiger charge is 2.22. The number of amides is 1. The zero-order chi connectivity index (χ0) is 10.4. The van der Waals surface area contributed by atoms with E-state index in [2.05, 4.69) is 6.92 Å². The summed E-state index contributed by atoms with van der Waals surface area (Å²) in [6.45, 7) is 3.65. The van der Waals surface area contributed by atoms with E-state index in [1.165, 1.54) is 19.3 Å². The Kier molecular flexibility index (Phi) is 4.63. The lowest BCUT2D eigenvalue weighted by molar-refractivity contribution is -0.139. The van der Waals surface area contributed by atoms with E-state index in [0.29, 0.717) is 13.0 Å². The lowest BCUT2D eigenvalue weighted by atomic mass is 10.1. The second kappa shape index (κ2) is 5.78. The Balaban J connectivity index is 2.17. The SMILES string of the molecule is CCCCCCN1CCC(=O)CC1=O. The van der Waals surface area contributed by atoms with Crippen molar-refractivity contribution in [1.29, 1.82) is 0 Å². The van der Waals surface area contributed by atoms with Crippen LogP contribution in [-0.4, -0.2) is 29.7 Å². The summed E-state index contributed by atoms with van der Waals surface area (Å²) in [7, 11) is 0. The molecule has 3 nitrogen and oxygen atoms in total. The largest absolute Gasteiger partial charge is 0.342 e. The summed E-state index contributed by atoms with van der Waals surface area (Å²) in [5.74, 6) is 0.123. The molecule has 1 aliphatic heterocycles. The Labute approximate surface area is 85.5 Å². The Morgan fingerprint density at radius 3 is 2.64 bits per heavy atom. The van der Waals surface area contributed by atoms with Crippen LogP contribution in [0.5, 0.6) is 0 Å².